The quantitative estimate of drug-likeness (QED) is 0.499. The van der Waals surface area contributed by atoms with E-state index in [9.17, 15) is 19.5 Å². The summed E-state index contributed by atoms with van der Waals surface area (Å²) in [5.74, 6) is -1.45. The van der Waals surface area contributed by atoms with Crippen molar-refractivity contribution < 1.29 is 19.5 Å². The first-order valence-corrected chi connectivity index (χ1v) is 16.3. The Labute approximate surface area is 248 Å². The third-order valence-corrected chi connectivity index (χ3v) is 11.8. The molecule has 5 aliphatic rings. The van der Waals surface area contributed by atoms with Crippen molar-refractivity contribution in [1.82, 2.24) is 14.7 Å². The minimum absolute atomic E-state index is 0.000477. The standard InChI is InChI=1S/C33H43N3O4S/c1-3-18-34-19-10-16-32(2)26(29(34)38)27-30(39)36(25(22-37)21-23-12-6-4-7-13-23)28-31(40)35(24-14-8-5-9-15-24)20-11-17-33(27,28)41-32/h4,6-7,10-13,16-17,24-28,37H,3,5,8-9,14-15,18-22H2,1-2H3/t25-,26-,27+,28?,32+,33+/m1/s1. The summed E-state index contributed by atoms with van der Waals surface area (Å²) in [5, 5.41) is 10.8. The summed E-state index contributed by atoms with van der Waals surface area (Å²) in [6.07, 6.45) is 15.0. The zero-order valence-electron chi connectivity index (χ0n) is 24.3. The maximum atomic E-state index is 14.8. The Morgan fingerprint density at radius 3 is 2.39 bits per heavy atom. The molecule has 1 saturated carbocycles. The van der Waals surface area contributed by atoms with Crippen LogP contribution in [0, 0.1) is 11.8 Å². The molecule has 0 radical (unpaired) electrons. The minimum atomic E-state index is -0.879. The van der Waals surface area contributed by atoms with E-state index in [2.05, 4.69) is 38.2 Å². The molecule has 1 N–H and O–H groups in total. The lowest BCUT2D eigenvalue weighted by atomic mass is 9.74. The highest BCUT2D eigenvalue weighted by Crippen LogP contribution is 2.66. The minimum Gasteiger partial charge on any atom is -0.394 e. The van der Waals surface area contributed by atoms with Crippen molar-refractivity contribution in [3.05, 3.63) is 60.2 Å². The molecule has 1 unspecified atom stereocenters. The Bertz CT molecular complexity index is 1230. The van der Waals surface area contributed by atoms with Gasteiger partial charge in [-0.1, -0.05) is 80.8 Å². The largest absolute Gasteiger partial charge is 0.394 e. The normalized spacial score (nSPS) is 34.4. The summed E-state index contributed by atoms with van der Waals surface area (Å²) in [6.45, 7) is 5.59. The number of nitrogens with zero attached hydrogens (tertiary/aromatic N) is 3. The molecule has 1 aliphatic carbocycles. The van der Waals surface area contributed by atoms with E-state index in [1.807, 2.05) is 40.1 Å². The lowest BCUT2D eigenvalue weighted by Gasteiger charge is -2.42. The Balaban J connectivity index is 1.46. The van der Waals surface area contributed by atoms with Gasteiger partial charge in [-0.15, -0.1) is 11.8 Å². The number of thioether (sulfide) groups is 1. The van der Waals surface area contributed by atoms with Crippen molar-refractivity contribution in [2.45, 2.75) is 86.4 Å². The predicted octanol–water partition coefficient (Wildman–Crippen LogP) is 3.82. The van der Waals surface area contributed by atoms with E-state index >= 15 is 0 Å². The summed E-state index contributed by atoms with van der Waals surface area (Å²) < 4.78 is -1.49. The summed E-state index contributed by atoms with van der Waals surface area (Å²) in [5.41, 5.74) is 1.01. The molecule has 0 aromatic heterocycles. The van der Waals surface area contributed by atoms with E-state index in [1.165, 1.54) is 6.42 Å². The van der Waals surface area contributed by atoms with Crippen molar-refractivity contribution >= 4 is 29.5 Å². The van der Waals surface area contributed by atoms with Crippen molar-refractivity contribution in [3.63, 3.8) is 0 Å². The van der Waals surface area contributed by atoms with Crippen LogP contribution in [0.3, 0.4) is 0 Å². The SMILES string of the molecule is CCCN1CC=C[C@]2(C)S[C@]34C=CCN(C5CCCCC5)C(=O)C3N([C@@H](CO)Cc3ccccc3)C(=O)[C@@H]4[C@@H]2C1=O. The van der Waals surface area contributed by atoms with Crippen LogP contribution in [-0.4, -0.2) is 91.4 Å². The topological polar surface area (TPSA) is 81.2 Å². The van der Waals surface area contributed by atoms with E-state index in [-0.39, 0.29) is 30.4 Å². The van der Waals surface area contributed by atoms with Crippen molar-refractivity contribution in [2.24, 2.45) is 11.8 Å². The number of hydrogen-bond donors (Lipinski definition) is 1. The number of carbonyl (C=O) groups excluding carboxylic acids is 3. The molecule has 4 heterocycles. The van der Waals surface area contributed by atoms with Gasteiger partial charge in [0, 0.05) is 30.4 Å². The van der Waals surface area contributed by atoms with Crippen LogP contribution in [0.25, 0.3) is 0 Å². The number of fused-ring (bicyclic) bond motifs is 2. The molecule has 4 aliphatic heterocycles. The van der Waals surface area contributed by atoms with Gasteiger partial charge in [0.25, 0.3) is 0 Å². The maximum Gasteiger partial charge on any atom is 0.247 e. The van der Waals surface area contributed by atoms with Gasteiger partial charge in [-0.25, -0.2) is 0 Å². The van der Waals surface area contributed by atoms with Gasteiger partial charge in [-0.05, 0) is 38.2 Å². The van der Waals surface area contributed by atoms with Crippen LogP contribution in [0.4, 0.5) is 0 Å². The second kappa shape index (κ2) is 11.3. The third-order valence-electron chi connectivity index (χ3n) is 10.0. The monoisotopic (exact) mass is 577 g/mol. The van der Waals surface area contributed by atoms with Gasteiger partial charge in [0.2, 0.25) is 17.7 Å². The van der Waals surface area contributed by atoms with E-state index in [4.69, 9.17) is 0 Å². The molecule has 6 atom stereocenters. The summed E-state index contributed by atoms with van der Waals surface area (Å²) in [7, 11) is 0. The molecule has 220 valence electrons. The van der Waals surface area contributed by atoms with E-state index in [0.29, 0.717) is 26.1 Å². The fraction of sp³-hybridized carbons (Fsp3) is 0.606. The molecule has 0 bridgehead atoms. The number of benzene rings is 1. The molecule has 1 aromatic rings. The average molecular weight is 578 g/mol. The first kappa shape index (κ1) is 28.5. The second-order valence-corrected chi connectivity index (χ2v) is 14.4. The van der Waals surface area contributed by atoms with Crippen LogP contribution in [0.5, 0.6) is 0 Å². The fourth-order valence-electron chi connectivity index (χ4n) is 8.25. The van der Waals surface area contributed by atoms with Gasteiger partial charge in [-0.2, -0.15) is 0 Å². The first-order valence-electron chi connectivity index (χ1n) is 15.5. The fourth-order valence-corrected chi connectivity index (χ4v) is 10.4. The van der Waals surface area contributed by atoms with Crippen LogP contribution in [0.2, 0.25) is 0 Å². The number of rotatable bonds is 7. The molecular weight excluding hydrogens is 534 g/mol. The van der Waals surface area contributed by atoms with E-state index in [0.717, 1.165) is 37.7 Å². The Morgan fingerprint density at radius 2 is 1.68 bits per heavy atom. The molecule has 6 rings (SSSR count). The third kappa shape index (κ3) is 4.66. The smallest absolute Gasteiger partial charge is 0.247 e. The van der Waals surface area contributed by atoms with Crippen LogP contribution in [0.1, 0.15) is 57.9 Å². The lowest BCUT2D eigenvalue weighted by molar-refractivity contribution is -0.148. The van der Waals surface area contributed by atoms with Gasteiger partial charge in [0.15, 0.2) is 0 Å². The zero-order chi connectivity index (χ0) is 28.8. The molecule has 3 amide bonds. The highest BCUT2D eigenvalue weighted by Gasteiger charge is 2.74. The molecule has 41 heavy (non-hydrogen) atoms. The highest BCUT2D eigenvalue weighted by atomic mass is 32.2. The Kier molecular flexibility index (Phi) is 7.83. The maximum absolute atomic E-state index is 14.8. The Morgan fingerprint density at radius 1 is 0.951 bits per heavy atom. The average Bonchev–Trinajstić information content (AvgIpc) is 3.26. The van der Waals surface area contributed by atoms with Gasteiger partial charge < -0.3 is 19.8 Å². The molecular formula is C33H43N3O4S. The summed E-state index contributed by atoms with van der Waals surface area (Å²) in [6, 6.07) is 8.68. The van der Waals surface area contributed by atoms with Crippen molar-refractivity contribution in [2.75, 3.05) is 26.2 Å². The van der Waals surface area contributed by atoms with Crippen molar-refractivity contribution in [3.8, 4) is 0 Å². The van der Waals surface area contributed by atoms with E-state index in [1.54, 1.807) is 16.7 Å². The number of aliphatic hydroxyl groups is 1. The molecule has 2 saturated heterocycles. The van der Waals surface area contributed by atoms with Gasteiger partial charge in [0.1, 0.15) is 6.04 Å². The number of carbonyl (C=O) groups is 3. The summed E-state index contributed by atoms with van der Waals surface area (Å²) in [4.78, 5) is 49.4. The highest BCUT2D eigenvalue weighted by molar-refractivity contribution is 8.02. The molecule has 3 fully saturated rings. The van der Waals surface area contributed by atoms with Crippen molar-refractivity contribution in [1.29, 1.82) is 0 Å². The number of likely N-dealkylation sites (tertiary alicyclic amines) is 1. The van der Waals surface area contributed by atoms with Crippen LogP contribution in [-0.2, 0) is 20.8 Å². The number of amides is 3. The molecule has 1 aromatic carbocycles. The van der Waals surface area contributed by atoms with Gasteiger partial charge >= 0.3 is 0 Å². The Hall–Kier alpha value is -2.58. The lowest BCUT2D eigenvalue weighted by Crippen LogP contribution is -2.58. The molecule has 1 spiro atoms. The summed E-state index contributed by atoms with van der Waals surface area (Å²) >= 11 is 1.63. The van der Waals surface area contributed by atoms with Gasteiger partial charge in [0.05, 0.1) is 29.2 Å². The number of hydrogen-bond acceptors (Lipinski definition) is 5. The zero-order valence-corrected chi connectivity index (χ0v) is 25.1. The van der Waals surface area contributed by atoms with Gasteiger partial charge in [-0.3, -0.25) is 14.4 Å². The van der Waals surface area contributed by atoms with Crippen LogP contribution < -0.4 is 0 Å². The molecule has 8 heteroatoms. The van der Waals surface area contributed by atoms with Crippen LogP contribution >= 0.6 is 11.8 Å². The van der Waals surface area contributed by atoms with Crippen LogP contribution in [0.15, 0.2) is 54.6 Å². The first-order chi connectivity index (χ1) is 19.8. The molecule has 7 nitrogen and oxygen atoms in total. The predicted molar refractivity (Wildman–Crippen MR) is 161 cm³/mol. The number of aliphatic hydroxyl groups excluding tert-OH is 1. The second-order valence-electron chi connectivity index (χ2n) is 12.6. The van der Waals surface area contributed by atoms with E-state index < -0.39 is 33.4 Å².